The summed E-state index contributed by atoms with van der Waals surface area (Å²) in [4.78, 5) is 22.9. The van der Waals surface area contributed by atoms with Crippen molar-refractivity contribution in [1.29, 1.82) is 0 Å². The van der Waals surface area contributed by atoms with Gasteiger partial charge in [0.25, 0.3) is 0 Å². The van der Waals surface area contributed by atoms with Crippen LogP contribution in [0, 0.1) is 6.92 Å². The standard InChI is InChI=1S/C18H18F3N3O3/c1-12-3-2-4-15(9-12)27-14-7-5-13(6-8-14)24-17(26)22-10-16(25)23-11-18(19,20)21/h2-9H,10-11H2,1H3,(H,23,25)(H2,22,24,26). The van der Waals surface area contributed by atoms with Crippen molar-refractivity contribution in [2.24, 2.45) is 0 Å². The summed E-state index contributed by atoms with van der Waals surface area (Å²) >= 11 is 0. The van der Waals surface area contributed by atoms with Gasteiger partial charge in [-0.3, -0.25) is 4.79 Å². The van der Waals surface area contributed by atoms with E-state index in [2.05, 4.69) is 10.6 Å². The SMILES string of the molecule is Cc1cccc(Oc2ccc(NC(=O)NCC(=O)NCC(F)(F)F)cc2)c1. The zero-order valence-corrected chi connectivity index (χ0v) is 14.4. The van der Waals surface area contributed by atoms with E-state index in [4.69, 9.17) is 4.74 Å². The Kier molecular flexibility index (Phi) is 6.64. The second-order valence-corrected chi connectivity index (χ2v) is 5.64. The summed E-state index contributed by atoms with van der Waals surface area (Å²) in [7, 11) is 0. The van der Waals surface area contributed by atoms with Gasteiger partial charge < -0.3 is 20.7 Å². The molecule has 2 rings (SSSR count). The van der Waals surface area contributed by atoms with Crippen LogP contribution in [-0.4, -0.2) is 31.2 Å². The number of urea groups is 1. The lowest BCUT2D eigenvalue weighted by Gasteiger charge is -2.10. The second kappa shape index (κ2) is 8.93. The van der Waals surface area contributed by atoms with Crippen LogP contribution in [0.2, 0.25) is 0 Å². The molecule has 0 bridgehead atoms. The summed E-state index contributed by atoms with van der Waals surface area (Å²) in [6, 6.07) is 13.3. The van der Waals surface area contributed by atoms with Crippen LogP contribution in [0.3, 0.4) is 0 Å². The number of benzene rings is 2. The van der Waals surface area contributed by atoms with Crippen LogP contribution >= 0.6 is 0 Å². The molecular formula is C18H18F3N3O3. The van der Waals surface area contributed by atoms with Crippen LogP contribution in [0.1, 0.15) is 5.56 Å². The molecule has 27 heavy (non-hydrogen) atoms. The Labute approximate surface area is 153 Å². The fourth-order valence-electron chi connectivity index (χ4n) is 2.02. The second-order valence-electron chi connectivity index (χ2n) is 5.64. The van der Waals surface area contributed by atoms with Crippen molar-refractivity contribution in [2.45, 2.75) is 13.1 Å². The van der Waals surface area contributed by atoms with E-state index in [0.29, 0.717) is 17.2 Å². The summed E-state index contributed by atoms with van der Waals surface area (Å²) in [6.45, 7) is -0.0735. The number of anilines is 1. The molecule has 0 aromatic heterocycles. The van der Waals surface area contributed by atoms with Crippen LogP contribution in [0.4, 0.5) is 23.7 Å². The molecule has 0 aliphatic carbocycles. The number of hydrogen-bond donors (Lipinski definition) is 3. The van der Waals surface area contributed by atoms with E-state index in [1.165, 1.54) is 0 Å². The quantitative estimate of drug-likeness (QED) is 0.716. The molecule has 0 spiro atoms. The van der Waals surface area contributed by atoms with Crippen molar-refractivity contribution < 1.29 is 27.5 Å². The van der Waals surface area contributed by atoms with E-state index in [1.807, 2.05) is 31.2 Å². The average Bonchev–Trinajstić information content (AvgIpc) is 2.59. The van der Waals surface area contributed by atoms with E-state index in [9.17, 15) is 22.8 Å². The van der Waals surface area contributed by atoms with Gasteiger partial charge in [-0.1, -0.05) is 12.1 Å². The van der Waals surface area contributed by atoms with Crippen LogP contribution < -0.4 is 20.7 Å². The number of amides is 3. The van der Waals surface area contributed by atoms with Crippen molar-refractivity contribution in [1.82, 2.24) is 10.6 Å². The fraction of sp³-hybridized carbons (Fsp3) is 0.222. The molecule has 0 radical (unpaired) electrons. The van der Waals surface area contributed by atoms with Crippen molar-refractivity contribution in [3.8, 4) is 11.5 Å². The van der Waals surface area contributed by atoms with Crippen molar-refractivity contribution in [3.05, 3.63) is 54.1 Å². The largest absolute Gasteiger partial charge is 0.457 e. The Morgan fingerprint density at radius 2 is 1.70 bits per heavy atom. The number of aryl methyl sites for hydroxylation is 1. The molecule has 2 aromatic rings. The molecule has 3 N–H and O–H groups in total. The zero-order valence-electron chi connectivity index (χ0n) is 14.4. The first-order valence-corrected chi connectivity index (χ1v) is 7.94. The average molecular weight is 381 g/mol. The molecule has 0 aliphatic rings. The predicted octanol–water partition coefficient (Wildman–Crippen LogP) is 3.59. The van der Waals surface area contributed by atoms with Crippen molar-refractivity contribution in [3.63, 3.8) is 0 Å². The molecular weight excluding hydrogens is 363 g/mol. The molecule has 0 unspecified atom stereocenters. The Bertz CT molecular complexity index is 792. The maximum Gasteiger partial charge on any atom is 0.405 e. The third kappa shape index (κ3) is 7.68. The number of nitrogens with one attached hydrogen (secondary N) is 3. The molecule has 6 nitrogen and oxygen atoms in total. The third-order valence-electron chi connectivity index (χ3n) is 3.23. The molecule has 9 heteroatoms. The van der Waals surface area contributed by atoms with Gasteiger partial charge in [0.2, 0.25) is 5.91 Å². The van der Waals surface area contributed by atoms with Gasteiger partial charge in [0.1, 0.15) is 18.0 Å². The molecule has 144 valence electrons. The van der Waals surface area contributed by atoms with Gasteiger partial charge >= 0.3 is 12.2 Å². The normalized spacial score (nSPS) is 10.8. The number of carbonyl (C=O) groups excluding carboxylic acids is 2. The number of halogens is 3. The van der Waals surface area contributed by atoms with E-state index in [-0.39, 0.29) is 0 Å². The highest BCUT2D eigenvalue weighted by Gasteiger charge is 2.27. The van der Waals surface area contributed by atoms with E-state index >= 15 is 0 Å². The maximum absolute atomic E-state index is 12.0. The van der Waals surface area contributed by atoms with E-state index < -0.39 is 31.2 Å². The highest BCUT2D eigenvalue weighted by molar-refractivity contribution is 5.92. The highest BCUT2D eigenvalue weighted by Crippen LogP contribution is 2.23. The molecule has 2 aromatic carbocycles. The number of carbonyl (C=O) groups is 2. The molecule has 0 atom stereocenters. The van der Waals surface area contributed by atoms with Crippen LogP contribution in [0.5, 0.6) is 11.5 Å². The van der Waals surface area contributed by atoms with Crippen molar-refractivity contribution in [2.75, 3.05) is 18.4 Å². The summed E-state index contributed by atoms with van der Waals surface area (Å²) < 4.78 is 41.6. The first-order chi connectivity index (χ1) is 12.7. The molecule has 0 fully saturated rings. The zero-order chi connectivity index (χ0) is 19.9. The molecule has 0 aliphatic heterocycles. The van der Waals surface area contributed by atoms with Gasteiger partial charge in [0, 0.05) is 5.69 Å². The lowest BCUT2D eigenvalue weighted by Crippen LogP contribution is -2.42. The topological polar surface area (TPSA) is 79.5 Å². The van der Waals surface area contributed by atoms with Crippen LogP contribution in [0.15, 0.2) is 48.5 Å². The first-order valence-electron chi connectivity index (χ1n) is 7.94. The number of hydrogen-bond acceptors (Lipinski definition) is 3. The molecule has 0 heterocycles. The lowest BCUT2D eigenvalue weighted by atomic mass is 10.2. The number of alkyl halides is 3. The minimum absolute atomic E-state index is 0.430. The minimum Gasteiger partial charge on any atom is -0.457 e. The Hall–Kier alpha value is -3.23. The van der Waals surface area contributed by atoms with Crippen molar-refractivity contribution >= 4 is 17.6 Å². The summed E-state index contributed by atoms with van der Waals surface area (Å²) in [5.74, 6) is 0.306. The first kappa shape index (κ1) is 20.1. The monoisotopic (exact) mass is 381 g/mol. The summed E-state index contributed by atoms with van der Waals surface area (Å²) in [5.41, 5.74) is 1.49. The van der Waals surface area contributed by atoms with Gasteiger partial charge in [-0.15, -0.1) is 0 Å². The summed E-state index contributed by atoms with van der Waals surface area (Å²) in [6.07, 6.45) is -4.50. The molecule has 3 amide bonds. The maximum atomic E-state index is 12.0. The van der Waals surface area contributed by atoms with Gasteiger partial charge in [-0.05, 0) is 48.9 Å². The minimum atomic E-state index is -4.50. The fourth-order valence-corrected chi connectivity index (χ4v) is 2.02. The van der Waals surface area contributed by atoms with Crippen LogP contribution in [-0.2, 0) is 4.79 Å². The summed E-state index contributed by atoms with van der Waals surface area (Å²) in [5, 5.41) is 6.28. The van der Waals surface area contributed by atoms with Gasteiger partial charge in [0.15, 0.2) is 0 Å². The predicted molar refractivity (Wildman–Crippen MR) is 93.8 cm³/mol. The van der Waals surface area contributed by atoms with E-state index in [1.54, 1.807) is 29.6 Å². The molecule has 0 saturated heterocycles. The van der Waals surface area contributed by atoms with Crippen LogP contribution in [0.25, 0.3) is 0 Å². The highest BCUT2D eigenvalue weighted by atomic mass is 19.4. The van der Waals surface area contributed by atoms with Gasteiger partial charge in [-0.2, -0.15) is 13.2 Å². The molecule has 0 saturated carbocycles. The Morgan fingerprint density at radius 3 is 2.33 bits per heavy atom. The number of ether oxygens (including phenoxy) is 1. The number of rotatable bonds is 6. The lowest BCUT2D eigenvalue weighted by molar-refractivity contribution is -0.137. The van der Waals surface area contributed by atoms with E-state index in [0.717, 1.165) is 5.56 Å². The van der Waals surface area contributed by atoms with Gasteiger partial charge in [-0.25, -0.2) is 4.79 Å². The smallest absolute Gasteiger partial charge is 0.405 e. The Morgan fingerprint density at radius 1 is 1.00 bits per heavy atom. The Balaban J connectivity index is 1.78. The third-order valence-corrected chi connectivity index (χ3v) is 3.23. The van der Waals surface area contributed by atoms with Gasteiger partial charge in [0.05, 0.1) is 6.54 Å².